The molecule has 20 heavy (non-hydrogen) atoms. The van der Waals surface area contributed by atoms with Gasteiger partial charge in [-0.1, -0.05) is 12.8 Å². The Balaban J connectivity index is 2.29. The maximum absolute atomic E-state index is 12.6. The van der Waals surface area contributed by atoms with Crippen molar-refractivity contribution >= 4 is 23.8 Å². The molecule has 0 aromatic carbocycles. The van der Waals surface area contributed by atoms with Crippen LogP contribution in [-0.2, 0) is 14.4 Å². The third-order valence-corrected chi connectivity index (χ3v) is 4.23. The van der Waals surface area contributed by atoms with Gasteiger partial charge < -0.3 is 5.73 Å². The second-order valence-electron chi connectivity index (χ2n) is 6.19. The highest BCUT2D eigenvalue weighted by atomic mass is 16.2. The fourth-order valence-electron chi connectivity index (χ4n) is 2.77. The molecular formula is C13H19N3O4. The molecule has 7 heteroatoms. The van der Waals surface area contributed by atoms with E-state index in [2.05, 4.69) is 5.32 Å². The normalized spacial score (nSPS) is 22.3. The van der Waals surface area contributed by atoms with E-state index in [1.165, 1.54) is 0 Å². The van der Waals surface area contributed by atoms with Gasteiger partial charge in [0.25, 0.3) is 0 Å². The van der Waals surface area contributed by atoms with Gasteiger partial charge >= 0.3 is 6.03 Å². The first-order valence-electron chi connectivity index (χ1n) is 6.68. The Kier molecular flexibility index (Phi) is 3.31. The first kappa shape index (κ1) is 14.5. The summed E-state index contributed by atoms with van der Waals surface area (Å²) in [6, 6.07) is -0.771. The van der Waals surface area contributed by atoms with Crippen molar-refractivity contribution in [3.63, 3.8) is 0 Å². The summed E-state index contributed by atoms with van der Waals surface area (Å²) in [7, 11) is 0. The molecule has 0 unspecified atom stereocenters. The van der Waals surface area contributed by atoms with Crippen LogP contribution in [0.1, 0.15) is 39.5 Å². The van der Waals surface area contributed by atoms with E-state index < -0.39 is 34.6 Å². The number of carbonyl (C=O) groups is 4. The van der Waals surface area contributed by atoms with Crippen molar-refractivity contribution in [3.8, 4) is 0 Å². The van der Waals surface area contributed by atoms with E-state index in [1.54, 1.807) is 13.8 Å². The molecule has 1 aliphatic carbocycles. The number of hydrogen-bond acceptors (Lipinski definition) is 4. The number of carbonyl (C=O) groups excluding carboxylic acids is 4. The second kappa shape index (κ2) is 4.57. The summed E-state index contributed by atoms with van der Waals surface area (Å²) in [4.78, 5) is 48.8. The van der Waals surface area contributed by atoms with Gasteiger partial charge in [-0.2, -0.15) is 0 Å². The maximum Gasteiger partial charge on any atom is 0.330 e. The standard InChI is InChI=1S/C13H19N3O4/c1-12(2,8(14)17)7-16-10(19)13(5-3-4-6-13)9(18)15-11(16)20/h3-7H2,1-2H3,(H2,14,17)(H,15,18,20). The van der Waals surface area contributed by atoms with Crippen molar-refractivity contribution in [1.82, 2.24) is 10.2 Å². The number of nitrogens with zero attached hydrogens (tertiary/aromatic N) is 1. The lowest BCUT2D eigenvalue weighted by Crippen LogP contribution is -2.64. The van der Waals surface area contributed by atoms with Gasteiger partial charge in [-0.3, -0.25) is 24.6 Å². The van der Waals surface area contributed by atoms with Gasteiger partial charge in [-0.15, -0.1) is 0 Å². The zero-order chi connectivity index (χ0) is 15.1. The van der Waals surface area contributed by atoms with Crippen LogP contribution in [0.3, 0.4) is 0 Å². The van der Waals surface area contributed by atoms with Gasteiger partial charge in [0.05, 0.1) is 5.41 Å². The molecule has 0 radical (unpaired) electrons. The number of nitrogens with one attached hydrogen (secondary N) is 1. The van der Waals surface area contributed by atoms with Crippen LogP contribution in [0.2, 0.25) is 0 Å². The van der Waals surface area contributed by atoms with E-state index in [1.807, 2.05) is 0 Å². The quantitative estimate of drug-likeness (QED) is 0.717. The molecule has 1 heterocycles. The summed E-state index contributed by atoms with van der Waals surface area (Å²) in [5.74, 6) is -1.62. The van der Waals surface area contributed by atoms with Crippen molar-refractivity contribution in [2.24, 2.45) is 16.6 Å². The summed E-state index contributed by atoms with van der Waals surface area (Å²) in [6.45, 7) is 3.00. The Labute approximate surface area is 116 Å². The Morgan fingerprint density at radius 2 is 1.85 bits per heavy atom. The van der Waals surface area contributed by atoms with Crippen LogP contribution >= 0.6 is 0 Å². The molecule has 1 aliphatic heterocycles. The van der Waals surface area contributed by atoms with Gasteiger partial charge in [0.1, 0.15) is 5.41 Å². The number of rotatable bonds is 3. The topological polar surface area (TPSA) is 110 Å². The zero-order valence-electron chi connectivity index (χ0n) is 11.7. The zero-order valence-corrected chi connectivity index (χ0v) is 11.7. The number of urea groups is 1. The van der Waals surface area contributed by atoms with Crippen molar-refractivity contribution in [1.29, 1.82) is 0 Å². The molecule has 1 saturated carbocycles. The minimum absolute atomic E-state index is 0.123. The second-order valence-corrected chi connectivity index (χ2v) is 6.19. The Bertz CT molecular complexity index is 492. The summed E-state index contributed by atoms with van der Waals surface area (Å²) in [5.41, 5.74) is 3.10. The minimum atomic E-state index is -1.14. The van der Waals surface area contributed by atoms with E-state index >= 15 is 0 Å². The fraction of sp³-hybridized carbons (Fsp3) is 0.692. The first-order valence-corrected chi connectivity index (χ1v) is 6.68. The maximum atomic E-state index is 12.6. The average molecular weight is 281 g/mol. The Morgan fingerprint density at radius 1 is 1.30 bits per heavy atom. The predicted molar refractivity (Wildman–Crippen MR) is 69.1 cm³/mol. The van der Waals surface area contributed by atoms with Crippen LogP contribution in [0.15, 0.2) is 0 Å². The Morgan fingerprint density at radius 3 is 2.35 bits per heavy atom. The lowest BCUT2D eigenvalue weighted by atomic mass is 9.81. The number of imide groups is 2. The van der Waals surface area contributed by atoms with E-state index in [4.69, 9.17) is 5.73 Å². The fourth-order valence-corrected chi connectivity index (χ4v) is 2.77. The lowest BCUT2D eigenvalue weighted by molar-refractivity contribution is -0.152. The number of nitrogens with two attached hydrogens (primary N) is 1. The highest BCUT2D eigenvalue weighted by Gasteiger charge is 2.55. The number of primary amides is 1. The van der Waals surface area contributed by atoms with E-state index in [9.17, 15) is 19.2 Å². The van der Waals surface area contributed by atoms with E-state index in [0.29, 0.717) is 12.8 Å². The Hall–Kier alpha value is -1.92. The molecular weight excluding hydrogens is 262 g/mol. The minimum Gasteiger partial charge on any atom is -0.369 e. The SMILES string of the molecule is CC(C)(CN1C(=O)NC(=O)C2(CCCC2)C1=O)C(N)=O. The molecule has 0 bridgehead atoms. The van der Waals surface area contributed by atoms with Crippen LogP contribution in [-0.4, -0.2) is 35.2 Å². The first-order chi connectivity index (χ1) is 9.20. The van der Waals surface area contributed by atoms with Gasteiger partial charge in [0, 0.05) is 6.54 Å². The molecule has 0 atom stereocenters. The predicted octanol–water partition coefficient (Wildman–Crippen LogP) is 0.137. The van der Waals surface area contributed by atoms with Gasteiger partial charge in [-0.25, -0.2) is 4.79 Å². The molecule has 5 amide bonds. The number of hydrogen-bond donors (Lipinski definition) is 2. The number of barbiturate groups is 1. The third kappa shape index (κ3) is 2.07. The van der Waals surface area contributed by atoms with Crippen molar-refractivity contribution in [2.45, 2.75) is 39.5 Å². The summed E-state index contributed by atoms with van der Waals surface area (Å²) >= 11 is 0. The van der Waals surface area contributed by atoms with Crippen LogP contribution in [0.25, 0.3) is 0 Å². The van der Waals surface area contributed by atoms with Gasteiger partial charge in [-0.05, 0) is 26.7 Å². The lowest BCUT2D eigenvalue weighted by Gasteiger charge is -2.39. The summed E-state index contributed by atoms with van der Waals surface area (Å²) in [6.07, 6.45) is 2.44. The molecule has 2 fully saturated rings. The molecule has 110 valence electrons. The van der Waals surface area contributed by atoms with Crippen molar-refractivity contribution in [3.05, 3.63) is 0 Å². The molecule has 2 aliphatic rings. The van der Waals surface area contributed by atoms with Crippen LogP contribution in [0.4, 0.5) is 4.79 Å². The van der Waals surface area contributed by atoms with Crippen molar-refractivity contribution < 1.29 is 19.2 Å². The van der Waals surface area contributed by atoms with Gasteiger partial charge in [0.2, 0.25) is 17.7 Å². The van der Waals surface area contributed by atoms with Crippen LogP contribution < -0.4 is 11.1 Å². The summed E-state index contributed by atoms with van der Waals surface area (Å²) in [5, 5.41) is 2.23. The molecule has 7 nitrogen and oxygen atoms in total. The van der Waals surface area contributed by atoms with E-state index in [0.717, 1.165) is 17.7 Å². The van der Waals surface area contributed by atoms with Crippen LogP contribution in [0.5, 0.6) is 0 Å². The highest BCUT2D eigenvalue weighted by molar-refractivity contribution is 6.19. The summed E-state index contributed by atoms with van der Waals surface area (Å²) < 4.78 is 0. The van der Waals surface area contributed by atoms with E-state index in [-0.39, 0.29) is 6.54 Å². The molecule has 3 N–H and O–H groups in total. The molecule has 2 rings (SSSR count). The van der Waals surface area contributed by atoms with Crippen molar-refractivity contribution in [2.75, 3.05) is 6.54 Å². The average Bonchev–Trinajstić information content (AvgIpc) is 2.83. The van der Waals surface area contributed by atoms with Gasteiger partial charge in [0.15, 0.2) is 0 Å². The molecule has 1 spiro atoms. The smallest absolute Gasteiger partial charge is 0.330 e. The molecule has 0 aromatic rings. The molecule has 0 aromatic heterocycles. The highest BCUT2D eigenvalue weighted by Crippen LogP contribution is 2.42. The largest absolute Gasteiger partial charge is 0.369 e. The number of amides is 5. The monoisotopic (exact) mass is 281 g/mol. The molecule has 1 saturated heterocycles. The third-order valence-electron chi connectivity index (χ3n) is 4.23. The van der Waals surface area contributed by atoms with Crippen LogP contribution in [0, 0.1) is 10.8 Å².